The quantitative estimate of drug-likeness (QED) is 0.0116. The topological polar surface area (TPSA) is 257 Å². The number of carbonyl (C=O) groups is 6. The Hall–Kier alpha value is -4.52. The van der Waals surface area contributed by atoms with Crippen molar-refractivity contribution in [2.24, 2.45) is 35.5 Å². The Kier molecular flexibility index (Phi) is 26.3. The number of hydrogen-bond donors (Lipinski definition) is 0. The third-order valence-corrected chi connectivity index (χ3v) is 22.9. The van der Waals surface area contributed by atoms with E-state index in [1.165, 1.54) is 70.1 Å². The summed E-state index contributed by atoms with van der Waals surface area (Å²) in [4.78, 5) is 117. The van der Waals surface area contributed by atoms with E-state index >= 15 is 0 Å². The molecule has 0 N–H and O–H groups in total. The molecule has 4 amide bonds. The zero-order chi connectivity index (χ0) is 66.1. The van der Waals surface area contributed by atoms with Crippen molar-refractivity contribution in [3.05, 3.63) is 106 Å². The first-order valence-electron chi connectivity index (χ1n) is 31.8. The molecule has 17 nitrogen and oxygen atoms in total. The minimum Gasteiger partial charge on any atom is -0.799 e. The van der Waals surface area contributed by atoms with Crippen LogP contribution in [0, 0.1) is 35.5 Å². The van der Waals surface area contributed by atoms with Gasteiger partial charge in [-0.05, 0) is 183 Å². The lowest BCUT2D eigenvalue weighted by Gasteiger charge is -2.37. The van der Waals surface area contributed by atoms with Crippen molar-refractivity contribution in [1.82, 2.24) is 9.80 Å². The standard InChI is InChI=1S/C33H29N2O7P.C20H31O4P.C17H33O4P.B.HI.H2/c1-15(2)34-29(36)21-10-6-17-19-8-12-23-28-24(32(39)35(31(23)38)33(42-4)16(3)14-43(5,40)41)13-9-20(26(19)28)18-7-11-22(30(34)37)27(21)25(17)18;1-15(14-25(3,22)23)20(24-2)13-19(21)18-11-9-17(10-12-18)16-7-5-4-6-8-16;1-12(2)14-6-8-15(9-7-14)16(18)10-17(21-4)13(3)11-22(5,19)20;;;/h6-13,15-16,33H,14H2,1-5H3,(H,40,41);9-12,15-16,20H,4-8,13-14H2,1-3H3,(H,22,23);12-15,17H,6-11H2,1-5H3,(H,19,20);;2*1H/p-3/t16-,33?;15-,20?;13-,14?,15?,17?;;;/m111.../s1. The van der Waals surface area contributed by atoms with Crippen molar-refractivity contribution >= 4 is 133 Å². The third kappa shape index (κ3) is 17.2. The Morgan fingerprint density at radius 2 is 0.891 bits per heavy atom. The highest BCUT2D eigenvalue weighted by molar-refractivity contribution is 14.0. The van der Waals surface area contributed by atoms with Gasteiger partial charge in [0.1, 0.15) is 12.0 Å². The zero-order valence-electron chi connectivity index (χ0n) is 55.5. The van der Waals surface area contributed by atoms with Crippen LogP contribution in [-0.2, 0) is 32.7 Å². The lowest BCUT2D eigenvalue weighted by molar-refractivity contribution is -0.175. The van der Waals surface area contributed by atoms with E-state index in [0.29, 0.717) is 56.8 Å². The molecule has 0 aromatic heterocycles. The van der Waals surface area contributed by atoms with E-state index in [1.807, 2.05) is 64.1 Å². The molecule has 92 heavy (non-hydrogen) atoms. The van der Waals surface area contributed by atoms with Gasteiger partial charge in [0.15, 0.2) is 5.78 Å². The smallest absolute Gasteiger partial charge is 0.263 e. The van der Waals surface area contributed by atoms with E-state index in [0.717, 1.165) is 75.5 Å². The third-order valence-electron chi connectivity index (χ3n) is 19.2. The number of Topliss-reactive ketones (excluding diaryl/α,β-unsaturated/α-hetero) is 2. The number of benzene rings is 6. The Morgan fingerprint density at radius 3 is 1.25 bits per heavy atom. The molecule has 2 aliphatic heterocycles. The van der Waals surface area contributed by atoms with Crippen LogP contribution in [0.15, 0.2) is 72.8 Å². The number of nitrogens with zero attached hydrogens (tertiary/aromatic N) is 2. The fraction of sp³-hybridized carbons (Fsp3) is 0.543. The summed E-state index contributed by atoms with van der Waals surface area (Å²) in [5.74, 6) is -0.322. The lowest BCUT2D eigenvalue weighted by atomic mass is 9.75. The molecule has 2 saturated carbocycles. The van der Waals surface area contributed by atoms with Crippen molar-refractivity contribution < 1.29 is 72.8 Å². The Balaban J connectivity index is 0.000000270. The average Bonchev–Trinajstić information content (AvgIpc) is 0.692. The molecule has 2 heterocycles. The highest BCUT2D eigenvalue weighted by Crippen LogP contribution is 2.48. The number of ether oxygens (including phenoxy) is 3. The number of hydrogen-bond acceptors (Lipinski definition) is 15. The highest BCUT2D eigenvalue weighted by atomic mass is 127. The maximum Gasteiger partial charge on any atom is 0.263 e. The van der Waals surface area contributed by atoms with Crippen molar-refractivity contribution in [1.29, 1.82) is 0 Å². The summed E-state index contributed by atoms with van der Waals surface area (Å²) < 4.78 is 51.3. The van der Waals surface area contributed by atoms with Gasteiger partial charge in [-0.3, -0.25) is 33.7 Å². The van der Waals surface area contributed by atoms with Crippen LogP contribution in [0.1, 0.15) is 184 Å². The molecule has 6 unspecified atom stereocenters. The van der Waals surface area contributed by atoms with Crippen molar-refractivity contribution in [2.75, 3.05) is 59.8 Å². The van der Waals surface area contributed by atoms with E-state index < -0.39 is 46.1 Å². The van der Waals surface area contributed by atoms with Crippen LogP contribution < -0.4 is 14.7 Å². The van der Waals surface area contributed by atoms with Gasteiger partial charge in [-0.15, -0.1) is 24.0 Å². The van der Waals surface area contributed by atoms with Crippen LogP contribution in [-0.4, -0.2) is 138 Å². The van der Waals surface area contributed by atoms with E-state index in [4.69, 9.17) is 14.2 Å². The number of ketones is 2. The van der Waals surface area contributed by atoms with Gasteiger partial charge in [0.05, 0.1) is 12.2 Å². The van der Waals surface area contributed by atoms with Crippen LogP contribution in [0.4, 0.5) is 0 Å². The second kappa shape index (κ2) is 31.6. The van der Waals surface area contributed by atoms with Crippen molar-refractivity contribution in [2.45, 2.75) is 149 Å². The van der Waals surface area contributed by atoms with Gasteiger partial charge in [0.2, 0.25) is 0 Å². The van der Waals surface area contributed by atoms with Crippen molar-refractivity contribution in [3.8, 4) is 0 Å². The van der Waals surface area contributed by atoms with Crippen LogP contribution in [0.5, 0.6) is 0 Å². The van der Waals surface area contributed by atoms with Crippen LogP contribution >= 0.6 is 46.1 Å². The maximum atomic E-state index is 13.9. The van der Waals surface area contributed by atoms with E-state index in [1.54, 1.807) is 38.3 Å². The second-order valence-electron chi connectivity index (χ2n) is 27.0. The largest absolute Gasteiger partial charge is 0.799 e. The molecule has 3 radical (unpaired) electrons. The Labute approximate surface area is 563 Å². The van der Waals surface area contributed by atoms with Gasteiger partial charge < -0.3 is 42.6 Å². The SMILES string of the molecule is COC(CC(=O)C1CCC(C(C)C)CC1)[C@H](C)CP(C)(=O)[O-].COC(CC(=O)c1ccc(C2CCCCC2)cc1)[C@H](C)CP(C)(=O)[O-].COC([C@H](C)CP(C)(=O)[O-])N1C(=O)c2ccc3c4ccc5c6c(ccc(c7ccc(c2c37)C1=O)c64)C(=O)N(C(C)C)C5=O.I.[B].[HH]. The molecule has 0 saturated heterocycles. The summed E-state index contributed by atoms with van der Waals surface area (Å²) in [6.07, 6.45) is 9.32. The predicted octanol–water partition coefficient (Wildman–Crippen LogP) is 13.3. The molecule has 22 heteroatoms. The van der Waals surface area contributed by atoms with Crippen LogP contribution in [0.3, 0.4) is 0 Å². The monoisotopic (exact) mass is 1430 g/mol. The molecule has 6 aromatic carbocycles. The molecule has 4 aliphatic rings. The van der Waals surface area contributed by atoms with Gasteiger partial charge in [0.25, 0.3) is 23.6 Å². The van der Waals surface area contributed by atoms with Gasteiger partial charge in [-0.1, -0.05) is 102 Å². The number of methoxy groups -OCH3 is 3. The first-order valence-corrected chi connectivity index (χ1v) is 38.6. The van der Waals surface area contributed by atoms with Gasteiger partial charge in [0, 0.05) is 123 Å². The second-order valence-corrected chi connectivity index (χ2v) is 34.2. The molecule has 10 rings (SSSR count). The molecule has 501 valence electrons. The predicted molar refractivity (Wildman–Crippen MR) is 373 cm³/mol. The fourth-order valence-corrected chi connectivity index (χ4v) is 18.5. The molecule has 2 fully saturated rings. The summed E-state index contributed by atoms with van der Waals surface area (Å²) in [7, 11) is -5.94. The average molecular weight is 1430 g/mol. The number of amides is 4. The minimum atomic E-state index is -3.70. The molecule has 2 aliphatic carbocycles. The summed E-state index contributed by atoms with van der Waals surface area (Å²) in [6, 6.07) is 21.9. The maximum absolute atomic E-state index is 13.9. The summed E-state index contributed by atoms with van der Waals surface area (Å²) >= 11 is 0. The highest BCUT2D eigenvalue weighted by Gasteiger charge is 2.42. The fourth-order valence-electron chi connectivity index (χ4n) is 14.7. The number of fused-ring (bicyclic) bond motifs is 2. The normalized spacial score (nSPS) is 20.8. The van der Waals surface area contributed by atoms with E-state index in [2.05, 4.69) is 26.0 Å². The number of carbonyl (C=O) groups excluding carboxylic acids is 6. The van der Waals surface area contributed by atoms with Gasteiger partial charge >= 0.3 is 0 Å². The van der Waals surface area contributed by atoms with Gasteiger partial charge in [-0.25, -0.2) is 4.90 Å². The summed E-state index contributed by atoms with van der Waals surface area (Å²) in [5.41, 5.74) is 3.57. The number of halogens is 1. The van der Waals surface area contributed by atoms with Crippen LogP contribution in [0.2, 0.25) is 0 Å². The first-order chi connectivity index (χ1) is 42.3. The van der Waals surface area contributed by atoms with Gasteiger partial charge in [-0.2, -0.15) is 0 Å². The van der Waals surface area contributed by atoms with Crippen LogP contribution in [0.25, 0.3) is 43.1 Å². The Bertz CT molecular complexity index is 3700. The van der Waals surface area contributed by atoms with E-state index in [9.17, 15) is 57.1 Å². The van der Waals surface area contributed by atoms with E-state index in [-0.39, 0.29) is 118 Å². The molecular weight excluding hydrogens is 1340 g/mol. The summed E-state index contributed by atoms with van der Waals surface area (Å²) in [6.45, 7) is 17.1. The number of rotatable bonds is 22. The number of imide groups is 2. The molecule has 0 spiro atoms. The lowest BCUT2D eigenvalue weighted by Crippen LogP contribution is -2.51. The molecule has 6 aromatic rings. The first kappa shape index (κ1) is 76.5. The minimum absolute atomic E-state index is 0. The Morgan fingerprint density at radius 1 is 0.511 bits per heavy atom. The molecular formula is C70H93BIN2O15P3-3. The van der Waals surface area contributed by atoms with Crippen molar-refractivity contribution in [3.63, 3.8) is 0 Å². The zero-order valence-corrected chi connectivity index (χ0v) is 60.5. The molecule has 0 bridgehead atoms. The molecule has 9 atom stereocenters. The summed E-state index contributed by atoms with van der Waals surface area (Å²) in [5, 5.41) is 5.87.